The minimum Gasteiger partial charge on any atom is -0.325 e. The molecule has 1 amide bonds. The number of carbonyl (C=O) groups excluding carboxylic acids is 1. The molecule has 0 aliphatic carbocycles. The minimum atomic E-state index is 0.0138. The minimum absolute atomic E-state index is 0.0138. The topological polar surface area (TPSA) is 44.4 Å². The van der Waals surface area contributed by atoms with Crippen molar-refractivity contribution in [2.75, 3.05) is 32.0 Å². The summed E-state index contributed by atoms with van der Waals surface area (Å²) in [5, 5.41) is 6.09. The van der Waals surface area contributed by atoms with E-state index in [2.05, 4.69) is 36.4 Å². The molecule has 0 saturated carbocycles. The number of hydrogen-bond donors (Lipinski definition) is 2. The molecule has 1 aromatic carbocycles. The van der Waals surface area contributed by atoms with Gasteiger partial charge in [0.1, 0.15) is 0 Å². The van der Waals surface area contributed by atoms with Crippen LogP contribution in [0.4, 0.5) is 5.69 Å². The predicted molar refractivity (Wildman–Crippen MR) is 89.7 cm³/mol. The van der Waals surface area contributed by atoms with E-state index in [1.165, 1.54) is 0 Å². The van der Waals surface area contributed by atoms with Crippen molar-refractivity contribution in [3.63, 3.8) is 0 Å². The zero-order valence-electron chi connectivity index (χ0n) is 13.8. The Morgan fingerprint density at radius 3 is 2.71 bits per heavy atom. The van der Waals surface area contributed by atoms with Gasteiger partial charge in [-0.2, -0.15) is 0 Å². The molecule has 0 heterocycles. The Kier molecular flexibility index (Phi) is 8.01. The van der Waals surface area contributed by atoms with E-state index in [9.17, 15) is 4.79 Å². The van der Waals surface area contributed by atoms with Crippen molar-refractivity contribution in [2.45, 2.75) is 39.7 Å². The standard InChI is InChI=1S/C17H29N3O/c1-14(2)20(4)11-6-5-10-18-13-17(21)19-16-9-7-8-15(3)12-16/h7-9,12,14,18H,5-6,10-11,13H2,1-4H3,(H,19,21). The van der Waals surface area contributed by atoms with Gasteiger partial charge in [-0.3, -0.25) is 4.79 Å². The Balaban J connectivity index is 2.09. The van der Waals surface area contributed by atoms with Crippen LogP contribution < -0.4 is 10.6 Å². The Morgan fingerprint density at radius 2 is 2.05 bits per heavy atom. The SMILES string of the molecule is Cc1cccc(NC(=O)CNCCCCN(C)C(C)C)c1. The lowest BCUT2D eigenvalue weighted by molar-refractivity contribution is -0.115. The van der Waals surface area contributed by atoms with Crippen LogP contribution in [0.25, 0.3) is 0 Å². The average molecular weight is 291 g/mol. The lowest BCUT2D eigenvalue weighted by Gasteiger charge is -2.20. The van der Waals surface area contributed by atoms with Crippen LogP contribution in [0, 0.1) is 6.92 Å². The number of amides is 1. The van der Waals surface area contributed by atoms with Gasteiger partial charge >= 0.3 is 0 Å². The molecule has 0 atom stereocenters. The van der Waals surface area contributed by atoms with Crippen LogP contribution >= 0.6 is 0 Å². The summed E-state index contributed by atoms with van der Waals surface area (Å²) >= 11 is 0. The molecule has 0 saturated heterocycles. The first-order chi connectivity index (χ1) is 9.99. The van der Waals surface area contributed by atoms with E-state index in [1.807, 2.05) is 31.2 Å². The van der Waals surface area contributed by atoms with E-state index in [0.29, 0.717) is 12.6 Å². The number of nitrogens with zero attached hydrogens (tertiary/aromatic N) is 1. The Morgan fingerprint density at radius 1 is 1.29 bits per heavy atom. The van der Waals surface area contributed by atoms with Crippen molar-refractivity contribution in [2.24, 2.45) is 0 Å². The normalized spacial score (nSPS) is 11.1. The fourth-order valence-electron chi connectivity index (χ4n) is 2.00. The molecule has 21 heavy (non-hydrogen) atoms. The lowest BCUT2D eigenvalue weighted by atomic mass is 10.2. The summed E-state index contributed by atoms with van der Waals surface area (Å²) in [7, 11) is 2.15. The van der Waals surface area contributed by atoms with Crippen molar-refractivity contribution in [1.29, 1.82) is 0 Å². The van der Waals surface area contributed by atoms with Crippen molar-refractivity contribution in [1.82, 2.24) is 10.2 Å². The number of anilines is 1. The first-order valence-corrected chi connectivity index (χ1v) is 7.76. The molecule has 4 nitrogen and oxygen atoms in total. The third-order valence-corrected chi connectivity index (χ3v) is 3.58. The van der Waals surface area contributed by atoms with Crippen LogP contribution in [0.3, 0.4) is 0 Å². The van der Waals surface area contributed by atoms with Crippen LogP contribution in [0.15, 0.2) is 24.3 Å². The average Bonchev–Trinajstić information content (AvgIpc) is 2.42. The largest absolute Gasteiger partial charge is 0.325 e. The van der Waals surface area contributed by atoms with E-state index in [4.69, 9.17) is 0 Å². The molecular formula is C17H29N3O. The molecule has 118 valence electrons. The molecule has 0 radical (unpaired) electrons. The van der Waals surface area contributed by atoms with Gasteiger partial charge in [0.05, 0.1) is 6.54 Å². The lowest BCUT2D eigenvalue weighted by Crippen LogP contribution is -2.30. The third-order valence-electron chi connectivity index (χ3n) is 3.58. The molecule has 0 unspecified atom stereocenters. The first kappa shape index (κ1) is 17.7. The molecule has 0 aliphatic heterocycles. The maximum absolute atomic E-state index is 11.8. The van der Waals surface area contributed by atoms with Crippen molar-refractivity contribution < 1.29 is 4.79 Å². The van der Waals surface area contributed by atoms with Gasteiger partial charge in [0.2, 0.25) is 5.91 Å². The molecule has 0 aliphatic rings. The van der Waals surface area contributed by atoms with Gasteiger partial charge in [-0.1, -0.05) is 12.1 Å². The first-order valence-electron chi connectivity index (χ1n) is 7.76. The Hall–Kier alpha value is -1.39. The summed E-state index contributed by atoms with van der Waals surface area (Å²) in [4.78, 5) is 14.1. The second kappa shape index (κ2) is 9.53. The van der Waals surface area contributed by atoms with Gasteiger partial charge in [-0.25, -0.2) is 0 Å². The van der Waals surface area contributed by atoms with Gasteiger partial charge in [0.25, 0.3) is 0 Å². The summed E-state index contributed by atoms with van der Waals surface area (Å²) in [6, 6.07) is 8.44. The summed E-state index contributed by atoms with van der Waals surface area (Å²) in [5.41, 5.74) is 2.01. The van der Waals surface area contributed by atoms with E-state index in [-0.39, 0.29) is 5.91 Å². The highest BCUT2D eigenvalue weighted by Crippen LogP contribution is 2.08. The van der Waals surface area contributed by atoms with Crippen LogP contribution in [-0.2, 0) is 4.79 Å². The molecule has 1 aromatic rings. The predicted octanol–water partition coefficient (Wildman–Crippen LogP) is 2.64. The van der Waals surface area contributed by atoms with Crippen molar-refractivity contribution >= 4 is 11.6 Å². The van der Waals surface area contributed by atoms with Gasteiger partial charge in [0, 0.05) is 11.7 Å². The number of rotatable bonds is 9. The molecule has 4 heteroatoms. The highest BCUT2D eigenvalue weighted by Gasteiger charge is 2.03. The van der Waals surface area contributed by atoms with Crippen LogP contribution in [0.2, 0.25) is 0 Å². The zero-order chi connectivity index (χ0) is 15.7. The van der Waals surface area contributed by atoms with Crippen LogP contribution in [0.5, 0.6) is 0 Å². The summed E-state index contributed by atoms with van der Waals surface area (Å²) in [6.45, 7) is 8.78. The quantitative estimate of drug-likeness (QED) is 0.688. The fourth-order valence-corrected chi connectivity index (χ4v) is 2.00. The van der Waals surface area contributed by atoms with Crippen LogP contribution in [0.1, 0.15) is 32.3 Å². The fraction of sp³-hybridized carbons (Fsp3) is 0.588. The monoisotopic (exact) mass is 291 g/mol. The van der Waals surface area contributed by atoms with Gasteiger partial charge in [-0.15, -0.1) is 0 Å². The zero-order valence-corrected chi connectivity index (χ0v) is 13.8. The van der Waals surface area contributed by atoms with Gasteiger partial charge in [-0.05, 0) is 71.4 Å². The Bertz CT molecular complexity index is 432. The molecule has 1 rings (SSSR count). The molecule has 0 spiro atoms. The van der Waals surface area contributed by atoms with E-state index in [1.54, 1.807) is 0 Å². The summed E-state index contributed by atoms with van der Waals surface area (Å²) in [6.07, 6.45) is 2.25. The number of unbranched alkanes of at least 4 members (excludes halogenated alkanes) is 1. The summed E-state index contributed by atoms with van der Waals surface area (Å²) in [5.74, 6) is 0.0138. The maximum atomic E-state index is 11.8. The van der Waals surface area contributed by atoms with E-state index < -0.39 is 0 Å². The number of carbonyl (C=O) groups is 1. The summed E-state index contributed by atoms with van der Waals surface area (Å²) < 4.78 is 0. The maximum Gasteiger partial charge on any atom is 0.238 e. The van der Waals surface area contributed by atoms with Crippen LogP contribution in [-0.4, -0.2) is 43.5 Å². The highest BCUT2D eigenvalue weighted by atomic mass is 16.1. The van der Waals surface area contributed by atoms with Crippen molar-refractivity contribution in [3.8, 4) is 0 Å². The smallest absolute Gasteiger partial charge is 0.238 e. The van der Waals surface area contributed by atoms with Gasteiger partial charge in [0.15, 0.2) is 0 Å². The molecule has 0 fully saturated rings. The number of benzene rings is 1. The van der Waals surface area contributed by atoms with Gasteiger partial charge < -0.3 is 15.5 Å². The molecular weight excluding hydrogens is 262 g/mol. The Labute approximate surface area is 128 Å². The second-order valence-electron chi connectivity index (χ2n) is 5.88. The third kappa shape index (κ3) is 7.83. The second-order valence-corrected chi connectivity index (χ2v) is 5.88. The highest BCUT2D eigenvalue weighted by molar-refractivity contribution is 5.92. The number of aryl methyl sites for hydroxylation is 1. The molecule has 0 bridgehead atoms. The van der Waals surface area contributed by atoms with E-state index in [0.717, 1.165) is 37.2 Å². The number of nitrogens with one attached hydrogen (secondary N) is 2. The van der Waals surface area contributed by atoms with Crippen molar-refractivity contribution in [3.05, 3.63) is 29.8 Å². The molecule has 0 aromatic heterocycles. The van der Waals surface area contributed by atoms with E-state index >= 15 is 0 Å². The molecule has 2 N–H and O–H groups in total. The number of hydrogen-bond acceptors (Lipinski definition) is 3.